The number of alkyl halides is 1. The van der Waals surface area contributed by atoms with Gasteiger partial charge in [0.25, 0.3) is 0 Å². The highest BCUT2D eigenvalue weighted by Crippen LogP contribution is 2.40. The van der Waals surface area contributed by atoms with E-state index in [1.54, 1.807) is 6.92 Å². The Labute approximate surface area is 338 Å². The molecule has 0 aliphatic carbocycles. The van der Waals surface area contributed by atoms with Gasteiger partial charge in [0.15, 0.2) is 0 Å². The summed E-state index contributed by atoms with van der Waals surface area (Å²) in [5, 5.41) is 5.30. The number of hydrogen-bond acceptors (Lipinski definition) is 5. The summed E-state index contributed by atoms with van der Waals surface area (Å²) in [6.07, 6.45) is 0. The van der Waals surface area contributed by atoms with Crippen molar-refractivity contribution in [2.45, 2.75) is 53.8 Å². The molecule has 286 valence electrons. The van der Waals surface area contributed by atoms with E-state index in [4.69, 9.17) is 16.3 Å². The van der Waals surface area contributed by atoms with Crippen LogP contribution in [0.5, 0.6) is 0 Å². The first-order valence-electron chi connectivity index (χ1n) is 19.2. The van der Waals surface area contributed by atoms with Crippen molar-refractivity contribution in [3.8, 4) is 0 Å². The molecule has 6 aromatic carbocycles. The van der Waals surface area contributed by atoms with Crippen LogP contribution in [-0.4, -0.2) is 38.6 Å². The minimum atomic E-state index is -0.436. The van der Waals surface area contributed by atoms with Gasteiger partial charge < -0.3 is 19.9 Å². The highest BCUT2D eigenvalue weighted by Gasteiger charge is 2.27. The van der Waals surface area contributed by atoms with Crippen molar-refractivity contribution in [3.63, 3.8) is 0 Å². The van der Waals surface area contributed by atoms with Crippen LogP contribution in [0.4, 0.5) is 28.4 Å². The van der Waals surface area contributed by atoms with Gasteiger partial charge in [-0.2, -0.15) is 0 Å². The fourth-order valence-corrected chi connectivity index (χ4v) is 8.22. The summed E-state index contributed by atoms with van der Waals surface area (Å²) in [5.74, 6) is 0.706. The summed E-state index contributed by atoms with van der Waals surface area (Å²) in [7, 11) is 4.29. The Morgan fingerprint density at radius 2 is 1.14 bits per heavy atom. The molecule has 0 heterocycles. The third kappa shape index (κ3) is 8.59. The van der Waals surface area contributed by atoms with Crippen molar-refractivity contribution in [2.75, 3.05) is 42.4 Å². The molecule has 6 heteroatoms. The van der Waals surface area contributed by atoms with Crippen LogP contribution in [0.25, 0.3) is 10.8 Å². The first kappa shape index (κ1) is 40.0. The normalized spacial score (nSPS) is 11.6. The predicted octanol–water partition coefficient (Wildman–Crippen LogP) is 12.4. The van der Waals surface area contributed by atoms with Gasteiger partial charge in [0.2, 0.25) is 0 Å². The number of hydrogen-bond donors (Lipinski definition) is 1. The number of nitrogens with one attached hydrogen (secondary N) is 1. The van der Waals surface area contributed by atoms with Gasteiger partial charge in [-0.1, -0.05) is 54.1 Å². The molecule has 1 N–H and O–H groups in total. The first-order chi connectivity index (χ1) is 26.7. The lowest BCUT2D eigenvalue weighted by Crippen LogP contribution is -2.22. The Kier molecular flexibility index (Phi) is 12.2. The first-order valence-corrected chi connectivity index (χ1v) is 19.6. The number of rotatable bonds is 13. The molecule has 0 saturated carbocycles. The van der Waals surface area contributed by atoms with E-state index in [-0.39, 0.29) is 6.61 Å². The fraction of sp³-hybridized carbons (Fsp3) is 0.240. The molecule has 6 aromatic rings. The zero-order valence-electron chi connectivity index (χ0n) is 34.2. The van der Waals surface area contributed by atoms with Gasteiger partial charge >= 0.3 is 5.97 Å². The molecule has 0 amide bonds. The monoisotopic (exact) mass is 762 g/mol. The summed E-state index contributed by atoms with van der Waals surface area (Å²) in [6.45, 7) is 18.8. The maximum Gasteiger partial charge on any atom is 0.333 e. The van der Waals surface area contributed by atoms with E-state index < -0.39 is 11.3 Å². The van der Waals surface area contributed by atoms with Crippen LogP contribution in [0.3, 0.4) is 0 Å². The molecule has 56 heavy (non-hydrogen) atoms. The van der Waals surface area contributed by atoms with E-state index in [0.29, 0.717) is 12.1 Å². The second-order valence-corrected chi connectivity index (χ2v) is 15.8. The van der Waals surface area contributed by atoms with Crippen LogP contribution < -0.4 is 15.1 Å². The molecule has 0 aromatic heterocycles. The Morgan fingerprint density at radius 1 is 0.696 bits per heavy atom. The molecule has 0 aliphatic rings. The summed E-state index contributed by atoms with van der Waals surface area (Å²) >= 11 is 6.59. The van der Waals surface area contributed by atoms with E-state index in [0.717, 1.165) is 50.4 Å². The van der Waals surface area contributed by atoms with Crippen molar-refractivity contribution in [1.82, 2.24) is 0 Å². The van der Waals surface area contributed by atoms with Gasteiger partial charge in [0.05, 0.1) is 45.0 Å². The van der Waals surface area contributed by atoms with E-state index in [9.17, 15) is 4.79 Å². The standard InChI is InChI=1S/C50H53ClN3O2/c1-31(2)50(55)56-30-40(51)29-52-46-24-23-45(43-13-11-12-14-44(43)46)47(38-15-19-41(20-16-38)53(9)48-34(5)25-32(3)26-35(48)6)39-17-21-42(22-18-39)54(10)49-36(7)27-33(4)28-37(49)8/h11-28,40,52H,1,29-30H2,2-10H3/q+1. The average molecular weight is 763 g/mol. The molecule has 1 unspecified atom stereocenters. The van der Waals surface area contributed by atoms with E-state index in [2.05, 4.69) is 187 Å². The third-order valence-electron chi connectivity index (χ3n) is 10.5. The summed E-state index contributed by atoms with van der Waals surface area (Å²) < 4.78 is 5.30. The van der Waals surface area contributed by atoms with Crippen LogP contribution >= 0.6 is 11.6 Å². The largest absolute Gasteiger partial charge is 0.461 e. The van der Waals surface area contributed by atoms with Gasteiger partial charge in [-0.05, 0) is 144 Å². The minimum Gasteiger partial charge on any atom is -0.461 e. The number of ether oxygens (including phenoxy) is 1. The molecule has 0 saturated heterocycles. The van der Waals surface area contributed by atoms with Gasteiger partial charge in [-0.25, -0.2) is 4.79 Å². The second kappa shape index (κ2) is 17.0. The number of benzene rings is 6. The summed E-state index contributed by atoms with van der Waals surface area (Å²) in [6, 6.07) is 39.6. The maximum absolute atomic E-state index is 11.9. The number of fused-ring (bicyclic) bond motifs is 1. The molecule has 0 aliphatic heterocycles. The molecule has 1 atom stereocenters. The number of carbonyl (C=O) groups is 1. The third-order valence-corrected chi connectivity index (χ3v) is 10.8. The number of carbonyl (C=O) groups excluding carboxylic acids is 1. The number of halogens is 1. The van der Waals surface area contributed by atoms with Crippen LogP contribution in [0, 0.1) is 47.5 Å². The Morgan fingerprint density at radius 3 is 1.59 bits per heavy atom. The maximum atomic E-state index is 11.9. The van der Waals surface area contributed by atoms with Gasteiger partial charge in [-0.15, -0.1) is 11.6 Å². The zero-order valence-corrected chi connectivity index (χ0v) is 34.9. The Bertz CT molecular complexity index is 2230. The van der Waals surface area contributed by atoms with Gasteiger partial charge in [0.1, 0.15) is 6.61 Å². The van der Waals surface area contributed by atoms with Crippen LogP contribution in [0.1, 0.15) is 57.0 Å². The lowest BCUT2D eigenvalue weighted by atomic mass is 9.82. The smallest absolute Gasteiger partial charge is 0.333 e. The van der Waals surface area contributed by atoms with E-state index >= 15 is 0 Å². The molecule has 6 rings (SSSR count). The van der Waals surface area contributed by atoms with Crippen molar-refractivity contribution in [2.24, 2.45) is 0 Å². The average Bonchev–Trinajstić information content (AvgIpc) is 3.16. The van der Waals surface area contributed by atoms with Crippen LogP contribution in [-0.2, 0) is 9.53 Å². The quantitative estimate of drug-likeness (QED) is 0.0417. The van der Waals surface area contributed by atoms with Crippen LogP contribution in [0.2, 0.25) is 0 Å². The zero-order chi connectivity index (χ0) is 40.3. The van der Waals surface area contributed by atoms with Crippen molar-refractivity contribution in [1.29, 1.82) is 0 Å². The highest BCUT2D eigenvalue weighted by atomic mass is 35.5. The van der Waals surface area contributed by atoms with E-state index in [1.807, 2.05) is 0 Å². The van der Waals surface area contributed by atoms with Gasteiger partial charge in [-0.3, -0.25) is 0 Å². The van der Waals surface area contributed by atoms with Gasteiger partial charge in [0, 0.05) is 48.4 Å². The number of aryl methyl sites for hydroxylation is 6. The molecule has 0 spiro atoms. The van der Waals surface area contributed by atoms with Crippen molar-refractivity contribution in [3.05, 3.63) is 177 Å². The lowest BCUT2D eigenvalue weighted by Gasteiger charge is -2.25. The minimum absolute atomic E-state index is 0.0939. The predicted molar refractivity (Wildman–Crippen MR) is 239 cm³/mol. The number of esters is 1. The second-order valence-electron chi connectivity index (χ2n) is 15.1. The molecular formula is C50H53ClN3O2+. The molecule has 5 nitrogen and oxygen atoms in total. The fourth-order valence-electron chi connectivity index (χ4n) is 8.08. The lowest BCUT2D eigenvalue weighted by molar-refractivity contribution is -0.138. The molecule has 0 fully saturated rings. The van der Waals surface area contributed by atoms with Crippen molar-refractivity contribution >= 4 is 56.8 Å². The highest BCUT2D eigenvalue weighted by molar-refractivity contribution is 6.21. The SMILES string of the molecule is C=C(C)C(=O)OCC(Cl)CNc1ccc([C+](c2ccc(N(C)c3c(C)cc(C)cc3C)cc2)c2ccc(N(C)c3c(C)cc(C)cc3C)cc2)c2ccccc12. The van der Waals surface area contributed by atoms with Crippen LogP contribution in [0.15, 0.2) is 121 Å². The summed E-state index contributed by atoms with van der Waals surface area (Å²) in [5.41, 5.74) is 17.0. The Hall–Kier alpha value is -5.65. The molecule has 0 radical (unpaired) electrons. The van der Waals surface area contributed by atoms with Crippen molar-refractivity contribution < 1.29 is 9.53 Å². The summed E-state index contributed by atoms with van der Waals surface area (Å²) in [4.78, 5) is 16.5. The van der Waals surface area contributed by atoms with E-state index in [1.165, 1.54) is 44.8 Å². The Balaban J connectivity index is 1.39. The molecular weight excluding hydrogens is 710 g/mol. The topological polar surface area (TPSA) is 44.8 Å². The molecule has 0 bridgehead atoms. The number of nitrogens with zero attached hydrogens (tertiary/aromatic N) is 2. The number of anilines is 5.